The summed E-state index contributed by atoms with van der Waals surface area (Å²) in [6.45, 7) is 24.1. The Labute approximate surface area is 755 Å². The molecule has 29 nitrogen and oxygen atoms in total. The van der Waals surface area contributed by atoms with Gasteiger partial charge in [-0.15, -0.1) is 5.10 Å². The van der Waals surface area contributed by atoms with Crippen LogP contribution in [0.1, 0.15) is 142 Å². The molecular weight excluding hydrogens is 1690 g/mol. The van der Waals surface area contributed by atoms with Gasteiger partial charge in [-0.2, -0.15) is 5.26 Å². The van der Waals surface area contributed by atoms with E-state index in [9.17, 15) is 79.2 Å². The van der Waals surface area contributed by atoms with Crippen LogP contribution in [0.2, 0.25) is 5.02 Å². The second-order valence-electron chi connectivity index (χ2n) is 42.6. The van der Waals surface area contributed by atoms with Gasteiger partial charge in [0.2, 0.25) is 17.7 Å². The van der Waals surface area contributed by atoms with Gasteiger partial charge in [-0.1, -0.05) is 101 Å². The number of carbonyl (C=O) groups excluding carboxylic acids is 8. The van der Waals surface area contributed by atoms with Crippen molar-refractivity contribution in [2.24, 2.45) is 114 Å². The number of hydrogen-bond donors (Lipinski definition) is 11. The first-order valence-electron chi connectivity index (χ1n) is 45.8. The van der Waals surface area contributed by atoms with Crippen molar-refractivity contribution >= 4 is 70.2 Å². The van der Waals surface area contributed by atoms with Crippen LogP contribution in [0.15, 0.2) is 168 Å². The van der Waals surface area contributed by atoms with Crippen LogP contribution in [0.4, 0.5) is 0 Å². The average Bonchev–Trinajstić information content (AvgIpc) is 1.51. The van der Waals surface area contributed by atoms with E-state index in [0.717, 1.165) is 79.1 Å². The molecule has 24 rings (SSSR count). The van der Waals surface area contributed by atoms with E-state index in [2.05, 4.69) is 52.6 Å². The Hall–Kier alpha value is -10.0. The van der Waals surface area contributed by atoms with Crippen molar-refractivity contribution in [1.82, 2.24) is 31.1 Å². The molecule has 12 saturated carbocycles. The number of benzene rings is 3. The zero-order chi connectivity index (χ0) is 91.8. The highest BCUT2D eigenvalue weighted by atomic mass is 35.5. The Bertz CT molecular complexity index is 5890. The number of nitriles is 1. The molecule has 4 saturated heterocycles. The minimum atomic E-state index is -1.28. The first kappa shape index (κ1) is 86.7. The number of nitrogens with zero attached hydrogens (tertiary/aromatic N) is 4. The number of aliphatic hydroxyl groups is 8. The molecule has 4 spiro atoms. The monoisotopic (exact) mass is 1800 g/mol. The van der Waals surface area contributed by atoms with Crippen LogP contribution < -0.4 is 25.5 Å². The zero-order valence-electron chi connectivity index (χ0n) is 73.2. The Kier molecular flexibility index (Phi) is 19.3. The van der Waals surface area contributed by atoms with Crippen molar-refractivity contribution in [3.8, 4) is 11.8 Å². The lowest BCUT2D eigenvalue weighted by molar-refractivity contribution is -0.164. The second-order valence-corrected chi connectivity index (χ2v) is 43.0. The molecule has 3 amide bonds. The number of ether oxygens (including phenoxy) is 5. The minimum absolute atomic E-state index is 0.0266. The third-order valence-corrected chi connectivity index (χ3v) is 37.2. The number of aliphatic hydroxyl groups excluding tert-OH is 4. The molecule has 16 bridgehead atoms. The summed E-state index contributed by atoms with van der Waals surface area (Å²) in [6, 6.07) is 24.2. The number of aromatic nitrogens is 3. The molecule has 20 aliphatic rings. The van der Waals surface area contributed by atoms with Gasteiger partial charge in [-0.05, 0) is 282 Å². The summed E-state index contributed by atoms with van der Waals surface area (Å²) in [5.41, 5.74) is -0.890. The molecule has 3 aromatic carbocycles. The van der Waals surface area contributed by atoms with Crippen LogP contribution in [-0.2, 0) is 70.3 Å². The van der Waals surface area contributed by atoms with Crippen molar-refractivity contribution in [1.29, 1.82) is 5.26 Å². The summed E-state index contributed by atoms with van der Waals surface area (Å²) in [5.74, 6) is -6.73. The van der Waals surface area contributed by atoms with Crippen LogP contribution in [0.5, 0.6) is 5.75 Å². The maximum Gasteiger partial charge on any atom is 0.339 e. The van der Waals surface area contributed by atoms with Crippen molar-refractivity contribution < 1.29 is 108 Å². The Balaban J connectivity index is 0.000000105. The molecule has 130 heavy (non-hydrogen) atoms. The maximum atomic E-state index is 14.0. The number of nitrogens with one attached hydrogen (secondary N) is 3. The van der Waals surface area contributed by atoms with Gasteiger partial charge in [-0.25, -0.2) is 4.79 Å². The van der Waals surface area contributed by atoms with Crippen LogP contribution in [0, 0.1) is 126 Å². The number of amides is 3. The predicted octanol–water partition coefficient (Wildman–Crippen LogP) is 7.15. The summed E-state index contributed by atoms with van der Waals surface area (Å²) in [7, 11) is 1.63. The Morgan fingerprint density at radius 3 is 1.26 bits per heavy atom. The quantitative estimate of drug-likeness (QED) is 0.0220. The van der Waals surface area contributed by atoms with Crippen molar-refractivity contribution in [2.45, 2.75) is 215 Å². The van der Waals surface area contributed by atoms with E-state index in [0.29, 0.717) is 125 Å². The molecule has 0 radical (unpaired) electrons. The lowest BCUT2D eigenvalue weighted by Crippen LogP contribution is -2.52. The van der Waals surface area contributed by atoms with E-state index in [1.54, 1.807) is 59.1 Å². The molecule has 684 valence electrons. The number of allylic oxidation sites excluding steroid dienone is 4. The number of methoxy groups -OCH3 is 1. The first-order chi connectivity index (χ1) is 61.6. The molecule has 1 aromatic heterocycles. The molecule has 16 aliphatic carbocycles. The standard InChI is InChI=1S/C28H33NO6.C26H28ClNO5.C25H25N3O6.C21H24N2O5/c1-15-13-27-14-28(15,33)10-8-19(27)18-12-20-23(30)26(2,25(32)35-20)21(18)22(27)24(31)29-11-9-16-4-6-17(34-3)7-5-16;1-13-10-25-12-26(13,32)7-6-17(25)16-9-18-21(29)24(2,23(31)33-18)19(16)20(25)22(30)28-11-14-4-3-5-15(27)8-14;1-12-10-24-11-25(12,32)8-7-14(24)13-9-17-20(29)23(2,22(31)33-17)18(13)19(24)21(30)34-28-16-6-4-3-5-15(16)26-27-28;1-10-8-20-9-21(10,27)4-3-12(20)11-7-13-16(24)19(2,18(26)28-13)14(11)15(20)17(25)23-6-5-22/h4-7,12,19-23,30,33H,1,8-11,13-14H2,2-3H3,(H,29,31);3-5,8-9,17-21,29,32H,1,6-7,10-12H2,2H3,(H,28,30);3-6,9,14,17-20,29,32H,1,7-8,10-11H2,2H3;7,12-16,24,27H,1,3-4,6,8-9H2,2H3,(H,23,25)/t19-,20+,21?,22+,23-,26-,27-,28-;17-,18+,19+,20+,21-,24-,25-,26-;14-,17+,18+,19+,20-,23-,24-,25-;12-,13+,14+,15+,16-,19-,20-,21-/m0000/s1. The summed E-state index contributed by atoms with van der Waals surface area (Å²) < 4.78 is 27.2. The number of hydrogen-bond acceptors (Lipinski definition) is 25. The van der Waals surface area contributed by atoms with E-state index >= 15 is 0 Å². The number of esters is 4. The van der Waals surface area contributed by atoms with Crippen molar-refractivity contribution in [3.05, 3.63) is 184 Å². The topological polar surface area (TPSA) is 444 Å². The number of para-hydroxylation sites is 1. The number of carbonyl (C=O) groups is 8. The van der Waals surface area contributed by atoms with E-state index in [1.165, 1.54) is 0 Å². The van der Waals surface area contributed by atoms with E-state index < -0.39 is 192 Å². The predicted molar refractivity (Wildman–Crippen MR) is 461 cm³/mol. The van der Waals surface area contributed by atoms with E-state index in [-0.39, 0.29) is 47.9 Å². The number of rotatable bonds is 12. The highest BCUT2D eigenvalue weighted by Crippen LogP contribution is 2.80. The fourth-order valence-corrected chi connectivity index (χ4v) is 31.2. The average molecular weight is 1800 g/mol. The van der Waals surface area contributed by atoms with Crippen LogP contribution >= 0.6 is 11.6 Å². The molecular formula is C100H110ClN7O22. The van der Waals surface area contributed by atoms with Gasteiger partial charge in [0.1, 0.15) is 93.8 Å². The highest BCUT2D eigenvalue weighted by Gasteiger charge is 2.81. The molecule has 30 heteroatoms. The second kappa shape index (κ2) is 29.0. The Morgan fingerprint density at radius 1 is 0.508 bits per heavy atom. The third-order valence-electron chi connectivity index (χ3n) is 36.9. The Morgan fingerprint density at radius 2 is 0.877 bits per heavy atom. The number of fused-ring (bicyclic) bond motifs is 25. The van der Waals surface area contributed by atoms with Gasteiger partial charge < -0.3 is 85.3 Å². The lowest BCUT2D eigenvalue weighted by atomic mass is 9.60. The molecule has 4 aromatic rings. The molecule has 5 heterocycles. The fraction of sp³-hybridized carbons (Fsp3) is 0.570. The zero-order valence-corrected chi connectivity index (χ0v) is 74.0. The van der Waals surface area contributed by atoms with Gasteiger partial charge in [-0.3, -0.25) is 33.6 Å². The first-order valence-corrected chi connectivity index (χ1v) is 46.2. The number of halogens is 1. The maximum absolute atomic E-state index is 14.0. The van der Waals surface area contributed by atoms with E-state index in [4.69, 9.17) is 45.4 Å². The molecule has 16 fully saturated rings. The fourth-order valence-electron chi connectivity index (χ4n) is 30.9. The largest absolute Gasteiger partial charge is 0.497 e. The van der Waals surface area contributed by atoms with Gasteiger partial charge in [0.05, 0.1) is 59.3 Å². The van der Waals surface area contributed by atoms with Gasteiger partial charge in [0.15, 0.2) is 0 Å². The summed E-state index contributed by atoms with van der Waals surface area (Å²) in [4.78, 5) is 114. The normalized spacial score (nSPS) is 45.2. The van der Waals surface area contributed by atoms with Gasteiger partial charge >= 0.3 is 29.8 Å². The van der Waals surface area contributed by atoms with Gasteiger partial charge in [0.25, 0.3) is 0 Å². The van der Waals surface area contributed by atoms with E-state index in [1.807, 2.05) is 78.9 Å². The molecule has 1 unspecified atom stereocenters. The molecule has 4 aliphatic heterocycles. The van der Waals surface area contributed by atoms with Crippen molar-refractivity contribution in [2.75, 3.05) is 20.2 Å². The summed E-state index contributed by atoms with van der Waals surface area (Å²) >= 11 is 6.11. The highest BCUT2D eigenvalue weighted by molar-refractivity contribution is 6.30. The third kappa shape index (κ3) is 11.5. The van der Waals surface area contributed by atoms with Crippen molar-refractivity contribution in [3.63, 3.8) is 0 Å². The van der Waals surface area contributed by atoms with Crippen LogP contribution in [0.3, 0.4) is 0 Å². The molecule has 32 atom stereocenters. The molecule has 11 N–H and O–H groups in total. The summed E-state index contributed by atoms with van der Waals surface area (Å²) in [6.07, 6.45) is 10.3. The van der Waals surface area contributed by atoms with Gasteiger partial charge in [0, 0.05) is 41.8 Å². The minimum Gasteiger partial charge on any atom is -0.497 e. The summed E-state index contributed by atoms with van der Waals surface area (Å²) in [5, 5.41) is 115. The van der Waals surface area contributed by atoms with Crippen LogP contribution in [0.25, 0.3) is 11.0 Å². The van der Waals surface area contributed by atoms with Crippen LogP contribution in [-0.4, -0.2) is 195 Å². The smallest absolute Gasteiger partial charge is 0.339 e. The lowest BCUT2D eigenvalue weighted by Gasteiger charge is -2.42. The SMILES string of the molecule is C=C1C[C@]23C[C@@]1(O)CC[C@H]2C1=C[C@H]2OC(=O)[C@@](C)(C1[C@@H]3C(=O)NCCc1ccc(OC)cc1)[C@H]2O.C=C1C[C@]23C[C@@]1(O)CC[C@H]2C1=C[C@H]2OC(=O)[C@@](C)([C@H]1[C@@H]3C(=O)NCC#N)[C@H]2O.C=C1C[C@]23C[C@@]1(O)CC[C@H]2C1=C[C@H]2OC(=O)[C@@](C)([C@H]1[C@@H]3C(=O)NCc1cccc(Cl)c1)[C@H]2O.C=C1C[C@]23C[C@@]1(O)CC[C@H]2C1=C[C@H]2OC(=O)[C@@](C)([C@H]1[C@@H]3C(=O)On1nnc3ccccc31)[C@H]2O.